The van der Waals surface area contributed by atoms with Crippen molar-refractivity contribution in [2.45, 2.75) is 18.7 Å². The molecule has 1 aromatic rings. The van der Waals surface area contributed by atoms with Crippen molar-refractivity contribution in [3.05, 3.63) is 29.8 Å². The second-order valence-corrected chi connectivity index (χ2v) is 5.22. The number of ether oxygens (including phenoxy) is 1. The number of thioether (sulfide) groups is 1. The zero-order valence-corrected chi connectivity index (χ0v) is 10.3. The average Bonchev–Trinajstić information content (AvgIpc) is 2.61. The minimum Gasteiger partial charge on any atom is -0.494 e. The Morgan fingerprint density at radius 2 is 2.38 bits per heavy atom. The highest BCUT2D eigenvalue weighted by Crippen LogP contribution is 2.38. The molecule has 1 aromatic carbocycles. The summed E-state index contributed by atoms with van der Waals surface area (Å²) in [5.41, 5.74) is 1.08. The highest BCUT2D eigenvalue weighted by molar-refractivity contribution is 8.01. The normalized spacial score (nSPS) is 24.2. The zero-order valence-electron chi connectivity index (χ0n) is 9.45. The molecule has 0 aliphatic carbocycles. The van der Waals surface area contributed by atoms with Crippen LogP contribution in [-0.4, -0.2) is 18.3 Å². The van der Waals surface area contributed by atoms with Crippen molar-refractivity contribution in [1.29, 1.82) is 0 Å². The first kappa shape index (κ1) is 11.3. The molecule has 1 heterocycles. The Bertz CT molecular complexity index is 408. The van der Waals surface area contributed by atoms with Gasteiger partial charge in [0.15, 0.2) is 0 Å². The molecular weight excluding hydrogens is 222 g/mol. The van der Waals surface area contributed by atoms with Crippen molar-refractivity contribution in [2.75, 3.05) is 12.4 Å². The molecule has 1 N–H and O–H groups in total. The average molecular weight is 237 g/mol. The Labute approximate surface area is 99.6 Å². The van der Waals surface area contributed by atoms with Gasteiger partial charge in [0.25, 0.3) is 0 Å². The summed E-state index contributed by atoms with van der Waals surface area (Å²) in [5, 5.41) is 2.98. The van der Waals surface area contributed by atoms with E-state index in [-0.39, 0.29) is 10.8 Å². The van der Waals surface area contributed by atoms with Gasteiger partial charge < -0.3 is 10.1 Å². The Morgan fingerprint density at radius 3 is 3.00 bits per heavy atom. The Hall–Kier alpha value is -1.16. The van der Waals surface area contributed by atoms with Crippen molar-refractivity contribution in [1.82, 2.24) is 5.32 Å². The molecule has 1 aliphatic rings. The van der Waals surface area contributed by atoms with Crippen LogP contribution < -0.4 is 10.1 Å². The van der Waals surface area contributed by atoms with Crippen LogP contribution in [0.15, 0.2) is 24.3 Å². The molecule has 1 aliphatic heterocycles. The maximum atomic E-state index is 11.3. The molecule has 0 aromatic heterocycles. The fraction of sp³-hybridized carbons (Fsp3) is 0.417. The number of rotatable bonds is 3. The van der Waals surface area contributed by atoms with Gasteiger partial charge in [-0.3, -0.25) is 4.79 Å². The molecule has 1 saturated heterocycles. The number of hydrogen-bond donors (Lipinski definition) is 1. The van der Waals surface area contributed by atoms with E-state index in [0.717, 1.165) is 11.3 Å². The van der Waals surface area contributed by atoms with Crippen molar-refractivity contribution < 1.29 is 9.53 Å². The quantitative estimate of drug-likeness (QED) is 0.875. The first-order valence-electron chi connectivity index (χ1n) is 5.32. The largest absolute Gasteiger partial charge is 0.494 e. The van der Waals surface area contributed by atoms with E-state index in [4.69, 9.17) is 4.74 Å². The number of carbonyl (C=O) groups excluding carboxylic acids is 1. The molecular formula is C12H15NO2S. The van der Waals surface area contributed by atoms with Crippen LogP contribution in [0, 0.1) is 0 Å². The third-order valence-electron chi connectivity index (χ3n) is 2.57. The lowest BCUT2D eigenvalue weighted by atomic mass is 10.1. The van der Waals surface area contributed by atoms with Crippen molar-refractivity contribution in [2.24, 2.45) is 0 Å². The summed E-state index contributed by atoms with van der Waals surface area (Å²) in [6.45, 7) is 4.63. The summed E-state index contributed by atoms with van der Waals surface area (Å²) < 4.78 is 5.46. The molecule has 2 rings (SSSR count). The maximum absolute atomic E-state index is 11.3. The second-order valence-electron chi connectivity index (χ2n) is 3.83. The van der Waals surface area contributed by atoms with E-state index in [1.54, 1.807) is 11.8 Å². The van der Waals surface area contributed by atoms with Crippen molar-refractivity contribution >= 4 is 17.7 Å². The fourth-order valence-corrected chi connectivity index (χ4v) is 2.72. The topological polar surface area (TPSA) is 38.3 Å². The van der Waals surface area contributed by atoms with Crippen LogP contribution in [-0.2, 0) is 9.67 Å². The number of amides is 1. The van der Waals surface area contributed by atoms with Gasteiger partial charge in [-0.05, 0) is 31.5 Å². The van der Waals surface area contributed by atoms with Gasteiger partial charge in [-0.2, -0.15) is 0 Å². The van der Waals surface area contributed by atoms with Crippen molar-refractivity contribution in [3.63, 3.8) is 0 Å². The summed E-state index contributed by atoms with van der Waals surface area (Å²) in [4.78, 5) is 11.0. The monoisotopic (exact) mass is 237 g/mol. The first-order chi connectivity index (χ1) is 7.64. The number of benzene rings is 1. The highest BCUT2D eigenvalue weighted by Gasteiger charge is 2.35. The Morgan fingerprint density at radius 1 is 1.56 bits per heavy atom. The van der Waals surface area contributed by atoms with Gasteiger partial charge in [0.2, 0.25) is 5.91 Å². The molecule has 3 nitrogen and oxygen atoms in total. The summed E-state index contributed by atoms with van der Waals surface area (Å²) >= 11 is 1.62. The molecule has 1 unspecified atom stereocenters. The number of carbonyl (C=O) groups is 1. The summed E-state index contributed by atoms with van der Waals surface area (Å²) in [7, 11) is 0. The van der Waals surface area contributed by atoms with Gasteiger partial charge in [0, 0.05) is 0 Å². The van der Waals surface area contributed by atoms with Gasteiger partial charge in [0.05, 0.1) is 12.4 Å². The van der Waals surface area contributed by atoms with E-state index in [0.29, 0.717) is 12.4 Å². The number of hydrogen-bond acceptors (Lipinski definition) is 3. The third-order valence-corrected chi connectivity index (χ3v) is 3.89. The van der Waals surface area contributed by atoms with Gasteiger partial charge in [-0.25, -0.2) is 0 Å². The molecule has 16 heavy (non-hydrogen) atoms. The smallest absolute Gasteiger partial charge is 0.231 e. The predicted octanol–water partition coefficient (Wildman–Crippen LogP) is 2.12. The third kappa shape index (κ3) is 2.16. The van der Waals surface area contributed by atoms with E-state index in [9.17, 15) is 4.79 Å². The van der Waals surface area contributed by atoms with E-state index in [1.165, 1.54) is 0 Å². The number of nitrogens with one attached hydrogen (secondary N) is 1. The van der Waals surface area contributed by atoms with Crippen LogP contribution in [0.4, 0.5) is 0 Å². The molecule has 0 saturated carbocycles. The SMILES string of the molecule is CCOc1cccc(C2(C)NC(=O)CS2)c1. The summed E-state index contributed by atoms with van der Waals surface area (Å²) in [6.07, 6.45) is 0. The van der Waals surface area contributed by atoms with Crippen molar-refractivity contribution in [3.8, 4) is 5.75 Å². The molecule has 0 bridgehead atoms. The maximum Gasteiger partial charge on any atom is 0.231 e. The lowest BCUT2D eigenvalue weighted by Crippen LogP contribution is -2.33. The van der Waals surface area contributed by atoms with Crippen LogP contribution in [0.2, 0.25) is 0 Å². The second kappa shape index (κ2) is 4.37. The Balaban J connectivity index is 2.26. The summed E-state index contributed by atoms with van der Waals surface area (Å²) in [6, 6.07) is 7.89. The molecule has 1 atom stereocenters. The molecule has 86 valence electrons. The first-order valence-corrected chi connectivity index (χ1v) is 6.31. The van der Waals surface area contributed by atoms with Gasteiger partial charge in [-0.1, -0.05) is 12.1 Å². The van der Waals surface area contributed by atoms with Crippen LogP contribution in [0.1, 0.15) is 19.4 Å². The van der Waals surface area contributed by atoms with Gasteiger partial charge in [-0.15, -0.1) is 11.8 Å². The van der Waals surface area contributed by atoms with E-state index in [1.807, 2.05) is 38.1 Å². The van der Waals surface area contributed by atoms with Gasteiger partial charge >= 0.3 is 0 Å². The zero-order chi connectivity index (χ0) is 11.6. The van der Waals surface area contributed by atoms with Crippen LogP contribution in [0.3, 0.4) is 0 Å². The van der Waals surface area contributed by atoms with E-state index in [2.05, 4.69) is 5.32 Å². The van der Waals surface area contributed by atoms with Crippen LogP contribution in [0.25, 0.3) is 0 Å². The molecule has 0 radical (unpaired) electrons. The van der Waals surface area contributed by atoms with E-state index < -0.39 is 0 Å². The lowest BCUT2D eigenvalue weighted by molar-refractivity contribution is -0.118. The minimum absolute atomic E-state index is 0.0920. The Kier molecular flexibility index (Phi) is 3.10. The van der Waals surface area contributed by atoms with E-state index >= 15 is 0 Å². The van der Waals surface area contributed by atoms with Crippen LogP contribution in [0.5, 0.6) is 5.75 Å². The van der Waals surface area contributed by atoms with Crippen LogP contribution >= 0.6 is 11.8 Å². The molecule has 1 fully saturated rings. The van der Waals surface area contributed by atoms with Gasteiger partial charge in [0.1, 0.15) is 10.6 Å². The minimum atomic E-state index is -0.315. The standard InChI is InChI=1S/C12H15NO2S/c1-3-15-10-6-4-5-9(7-10)12(2)13-11(14)8-16-12/h4-7H,3,8H2,1-2H3,(H,13,14). The predicted molar refractivity (Wildman–Crippen MR) is 65.6 cm³/mol. The highest BCUT2D eigenvalue weighted by atomic mass is 32.2. The molecule has 0 spiro atoms. The molecule has 4 heteroatoms. The molecule has 1 amide bonds. The lowest BCUT2D eigenvalue weighted by Gasteiger charge is -2.23. The fourth-order valence-electron chi connectivity index (χ4n) is 1.75. The summed E-state index contributed by atoms with van der Waals surface area (Å²) in [5.74, 6) is 1.47.